The number of nitrogens with one attached hydrogen (secondary N) is 2. The summed E-state index contributed by atoms with van der Waals surface area (Å²) in [6.45, 7) is 4.29. The number of aryl methyl sites for hydroxylation is 2. The van der Waals surface area contributed by atoms with Gasteiger partial charge in [0.2, 0.25) is 0 Å². The number of benzene rings is 6. The number of rotatable bonds is 4. The van der Waals surface area contributed by atoms with Crippen LogP contribution in [0.5, 0.6) is 0 Å². The Morgan fingerprint density at radius 1 is 0.660 bits per heavy atom. The molecule has 1 amide bonds. The molecule has 3 heterocycles. The Hall–Kier alpha value is -5.87. The molecule has 7 aromatic rings. The normalized spacial score (nSPS) is 16.3. The van der Waals surface area contributed by atoms with Crippen LogP contribution >= 0.6 is 0 Å². The van der Waals surface area contributed by atoms with Gasteiger partial charge < -0.3 is 10.3 Å². The summed E-state index contributed by atoms with van der Waals surface area (Å²) in [5.41, 5.74) is 12.6. The second kappa shape index (κ2) is 10.3. The van der Waals surface area contributed by atoms with Crippen molar-refractivity contribution in [2.75, 3.05) is 10.2 Å². The van der Waals surface area contributed by atoms with Crippen molar-refractivity contribution in [2.45, 2.75) is 25.4 Å². The molecular formula is C43H33N3O. The molecule has 4 heteroatoms. The van der Waals surface area contributed by atoms with Gasteiger partial charge in [0.25, 0.3) is 5.91 Å². The fraction of sp³-hybridized carbons (Fsp3) is 0.0930. The molecule has 2 aliphatic heterocycles. The minimum Gasteiger partial charge on any atom is -0.363 e. The van der Waals surface area contributed by atoms with Crippen LogP contribution in [0.25, 0.3) is 33.3 Å². The third-order valence-corrected chi connectivity index (χ3v) is 10.1. The van der Waals surface area contributed by atoms with Gasteiger partial charge in [0.1, 0.15) is 0 Å². The summed E-state index contributed by atoms with van der Waals surface area (Å²) in [7, 11) is 0. The zero-order valence-electron chi connectivity index (χ0n) is 26.3. The molecule has 4 nitrogen and oxygen atoms in total. The lowest BCUT2D eigenvalue weighted by Gasteiger charge is -2.39. The minimum atomic E-state index is -1.13. The minimum absolute atomic E-state index is 0.0115. The Morgan fingerprint density at radius 2 is 1.30 bits per heavy atom. The molecule has 1 spiro atoms. The molecule has 0 bridgehead atoms. The monoisotopic (exact) mass is 607 g/mol. The van der Waals surface area contributed by atoms with Gasteiger partial charge in [-0.2, -0.15) is 0 Å². The summed E-state index contributed by atoms with van der Waals surface area (Å²) in [6.07, 6.45) is 0. The molecule has 0 saturated carbocycles. The zero-order chi connectivity index (χ0) is 31.7. The summed E-state index contributed by atoms with van der Waals surface area (Å²) in [5, 5.41) is 5.02. The molecule has 0 radical (unpaired) electrons. The molecule has 2 N–H and O–H groups in total. The van der Waals surface area contributed by atoms with Crippen LogP contribution in [-0.4, -0.2) is 10.9 Å². The zero-order valence-corrected chi connectivity index (χ0v) is 26.3. The number of hydrogen-bond acceptors (Lipinski definition) is 2. The lowest BCUT2D eigenvalue weighted by atomic mass is 9.75. The van der Waals surface area contributed by atoms with E-state index >= 15 is 4.79 Å². The molecule has 2 aliphatic rings. The maximum Gasteiger partial charge on any atom is 0.263 e. The fourth-order valence-electron chi connectivity index (χ4n) is 7.93. The number of para-hydroxylation sites is 1. The average Bonchev–Trinajstić information content (AvgIpc) is 3.57. The van der Waals surface area contributed by atoms with Gasteiger partial charge in [-0.25, -0.2) is 0 Å². The first-order chi connectivity index (χ1) is 23.1. The van der Waals surface area contributed by atoms with Crippen molar-refractivity contribution >= 4 is 28.2 Å². The van der Waals surface area contributed by atoms with Crippen LogP contribution in [0.1, 0.15) is 39.4 Å². The average molecular weight is 608 g/mol. The molecule has 9 rings (SSSR count). The number of aromatic nitrogens is 1. The van der Waals surface area contributed by atoms with Crippen LogP contribution in [0.3, 0.4) is 0 Å². The smallest absolute Gasteiger partial charge is 0.263 e. The van der Waals surface area contributed by atoms with E-state index < -0.39 is 5.54 Å². The second-order valence-corrected chi connectivity index (χ2v) is 12.7. The second-order valence-electron chi connectivity index (χ2n) is 12.7. The van der Waals surface area contributed by atoms with Gasteiger partial charge in [0, 0.05) is 39.0 Å². The number of amides is 1. The Labute approximate surface area is 274 Å². The summed E-state index contributed by atoms with van der Waals surface area (Å²) in [4.78, 5) is 21.6. The van der Waals surface area contributed by atoms with Crippen LogP contribution in [0.15, 0.2) is 146 Å². The van der Waals surface area contributed by atoms with Crippen molar-refractivity contribution in [3.05, 3.63) is 179 Å². The van der Waals surface area contributed by atoms with Gasteiger partial charge in [-0.3, -0.25) is 9.69 Å². The number of nitrogens with zero attached hydrogens (tertiary/aromatic N) is 1. The van der Waals surface area contributed by atoms with Gasteiger partial charge in [-0.05, 0) is 48.2 Å². The SMILES string of the molecule is Cc1ccc2c(c1)C1(Nc3ccccc3-c3c1ccc1c(C)c(-c4ccccc4)[nH]c31)C(=O)N2C(c1ccccc1)c1ccccc1. The van der Waals surface area contributed by atoms with Gasteiger partial charge in [0.15, 0.2) is 5.54 Å². The molecule has 0 fully saturated rings. The third-order valence-electron chi connectivity index (χ3n) is 10.1. The first-order valence-corrected chi connectivity index (χ1v) is 16.2. The van der Waals surface area contributed by atoms with E-state index in [1.165, 1.54) is 5.56 Å². The van der Waals surface area contributed by atoms with E-state index in [-0.39, 0.29) is 11.9 Å². The lowest BCUT2D eigenvalue weighted by molar-refractivity contribution is -0.121. The quantitative estimate of drug-likeness (QED) is 0.209. The molecule has 0 aliphatic carbocycles. The standard InChI is InChI=1S/C43H33N3O/c1-27-22-25-37-35(26-27)43(42(47)46(37)41(30-16-8-4-9-17-30)31-18-10-5-11-19-31)34-24-23-32-28(2)39(29-14-6-3-7-15-29)44-40(32)38(34)33-20-12-13-21-36(33)45-43/h3-26,41,44-45H,1-2H3. The summed E-state index contributed by atoms with van der Waals surface area (Å²) in [6, 6.07) is 50.1. The van der Waals surface area contributed by atoms with Crippen LogP contribution in [-0.2, 0) is 10.3 Å². The van der Waals surface area contributed by atoms with Crippen molar-refractivity contribution < 1.29 is 4.79 Å². The maximum absolute atomic E-state index is 15.7. The third kappa shape index (κ3) is 3.91. The highest BCUT2D eigenvalue weighted by Gasteiger charge is 2.57. The number of fused-ring (bicyclic) bond motifs is 8. The molecule has 1 unspecified atom stereocenters. The van der Waals surface area contributed by atoms with Crippen molar-refractivity contribution in [1.29, 1.82) is 0 Å². The fourth-order valence-corrected chi connectivity index (χ4v) is 7.93. The topological polar surface area (TPSA) is 48.1 Å². The van der Waals surface area contributed by atoms with Gasteiger partial charge in [0.05, 0.1) is 17.2 Å². The molecule has 0 saturated heterocycles. The van der Waals surface area contributed by atoms with Crippen molar-refractivity contribution in [2.24, 2.45) is 0 Å². The molecule has 226 valence electrons. The molecular weight excluding hydrogens is 574 g/mol. The van der Waals surface area contributed by atoms with Gasteiger partial charge in [-0.1, -0.05) is 139 Å². The van der Waals surface area contributed by atoms with E-state index in [4.69, 9.17) is 0 Å². The summed E-state index contributed by atoms with van der Waals surface area (Å²) < 4.78 is 0. The number of H-pyrrole nitrogens is 1. The molecule has 6 aromatic carbocycles. The predicted octanol–water partition coefficient (Wildman–Crippen LogP) is 9.92. The highest BCUT2D eigenvalue weighted by molar-refractivity contribution is 6.17. The Kier molecular flexibility index (Phi) is 6.03. The highest BCUT2D eigenvalue weighted by Crippen LogP contribution is 2.57. The number of aromatic amines is 1. The van der Waals surface area contributed by atoms with E-state index in [0.717, 1.165) is 72.5 Å². The Bertz CT molecular complexity index is 2290. The number of carbonyl (C=O) groups excluding carboxylic acids is 1. The van der Waals surface area contributed by atoms with E-state index in [1.54, 1.807) is 0 Å². The summed E-state index contributed by atoms with van der Waals surface area (Å²) >= 11 is 0. The van der Waals surface area contributed by atoms with Crippen LogP contribution in [0, 0.1) is 13.8 Å². The van der Waals surface area contributed by atoms with Gasteiger partial charge >= 0.3 is 0 Å². The number of anilines is 2. The number of hydrogen-bond donors (Lipinski definition) is 2. The molecule has 47 heavy (non-hydrogen) atoms. The van der Waals surface area contributed by atoms with Crippen molar-refractivity contribution in [1.82, 2.24) is 4.98 Å². The lowest BCUT2D eigenvalue weighted by Crippen LogP contribution is -2.49. The molecule has 1 aromatic heterocycles. The largest absolute Gasteiger partial charge is 0.363 e. The van der Waals surface area contributed by atoms with E-state index in [2.05, 4.69) is 145 Å². The van der Waals surface area contributed by atoms with E-state index in [0.29, 0.717) is 0 Å². The number of carbonyl (C=O) groups is 1. The first kappa shape index (κ1) is 27.4. The van der Waals surface area contributed by atoms with Gasteiger partial charge in [-0.15, -0.1) is 0 Å². The van der Waals surface area contributed by atoms with Crippen molar-refractivity contribution in [3.8, 4) is 22.4 Å². The van der Waals surface area contributed by atoms with Crippen LogP contribution < -0.4 is 10.2 Å². The molecule has 1 atom stereocenters. The Morgan fingerprint density at radius 3 is 2.00 bits per heavy atom. The van der Waals surface area contributed by atoms with E-state index in [9.17, 15) is 0 Å². The van der Waals surface area contributed by atoms with E-state index in [1.807, 2.05) is 29.2 Å². The Balaban J connectivity index is 1.35. The van der Waals surface area contributed by atoms with Crippen LogP contribution in [0.2, 0.25) is 0 Å². The predicted molar refractivity (Wildman–Crippen MR) is 192 cm³/mol. The van der Waals surface area contributed by atoms with Crippen LogP contribution in [0.4, 0.5) is 11.4 Å². The van der Waals surface area contributed by atoms with Crippen molar-refractivity contribution in [3.63, 3.8) is 0 Å². The first-order valence-electron chi connectivity index (χ1n) is 16.2. The highest BCUT2D eigenvalue weighted by atomic mass is 16.2. The summed E-state index contributed by atoms with van der Waals surface area (Å²) in [5.74, 6) is 0.0115. The maximum atomic E-state index is 15.7.